The van der Waals surface area contributed by atoms with E-state index in [1.54, 1.807) is 19.1 Å². The first-order chi connectivity index (χ1) is 8.19. The Hall–Kier alpha value is -1.90. The fourth-order valence-corrected chi connectivity index (χ4v) is 1.51. The molecule has 0 fully saturated rings. The average molecular weight is 232 g/mol. The van der Waals surface area contributed by atoms with Gasteiger partial charge in [-0.25, -0.2) is 0 Å². The topological polar surface area (TPSA) is 43.4 Å². The summed E-state index contributed by atoms with van der Waals surface area (Å²) in [6, 6.07) is 7.21. The molecular weight excluding hydrogens is 216 g/mol. The minimum atomic E-state index is -0.479. The van der Waals surface area contributed by atoms with Gasteiger partial charge in [0.1, 0.15) is 6.42 Å². The quantitative estimate of drug-likeness (QED) is 0.445. The molecule has 1 rings (SSSR count). The number of benzene rings is 1. The first-order valence-corrected chi connectivity index (χ1v) is 5.59. The van der Waals surface area contributed by atoms with Crippen LogP contribution >= 0.6 is 0 Å². The van der Waals surface area contributed by atoms with Crippen LogP contribution in [0, 0.1) is 0 Å². The summed E-state index contributed by atoms with van der Waals surface area (Å²) in [5.41, 5.74) is 1.38. The van der Waals surface area contributed by atoms with E-state index in [2.05, 4.69) is 0 Å². The number of carbonyl (C=O) groups is 2. The summed E-state index contributed by atoms with van der Waals surface area (Å²) in [5, 5.41) is 0. The van der Waals surface area contributed by atoms with Gasteiger partial charge in [-0.05, 0) is 19.4 Å². The molecule has 1 aromatic carbocycles. The second-order valence-corrected chi connectivity index (χ2v) is 3.49. The smallest absolute Gasteiger partial charge is 0.313 e. The zero-order chi connectivity index (χ0) is 12.7. The highest BCUT2D eigenvalue weighted by Gasteiger charge is 2.14. The Bertz CT molecular complexity index is 433. The van der Waals surface area contributed by atoms with Gasteiger partial charge in [0, 0.05) is 5.56 Å². The van der Waals surface area contributed by atoms with Crippen LogP contribution in [0.3, 0.4) is 0 Å². The highest BCUT2D eigenvalue weighted by molar-refractivity contribution is 6.07. The average Bonchev–Trinajstić information content (AvgIpc) is 2.30. The molecule has 90 valence electrons. The molecule has 0 heterocycles. The zero-order valence-corrected chi connectivity index (χ0v) is 10.1. The maximum Gasteiger partial charge on any atom is 0.313 e. The molecule has 0 saturated heterocycles. The molecule has 1 aromatic rings. The van der Waals surface area contributed by atoms with Crippen LogP contribution in [0.2, 0.25) is 0 Å². The lowest BCUT2D eigenvalue weighted by Gasteiger charge is -2.04. The lowest BCUT2D eigenvalue weighted by atomic mass is 10.0. The second kappa shape index (κ2) is 6.63. The Balaban J connectivity index is 2.85. The predicted molar refractivity (Wildman–Crippen MR) is 66.7 cm³/mol. The SMILES string of the molecule is C/C=C\c1ccccc1C(=O)CC(=O)OCC. The van der Waals surface area contributed by atoms with Gasteiger partial charge in [0.25, 0.3) is 0 Å². The van der Waals surface area contributed by atoms with Crippen LogP contribution in [0.5, 0.6) is 0 Å². The van der Waals surface area contributed by atoms with E-state index in [1.165, 1.54) is 0 Å². The minimum absolute atomic E-state index is 0.206. The number of esters is 1. The molecule has 0 aliphatic rings. The van der Waals surface area contributed by atoms with Crippen LogP contribution in [-0.4, -0.2) is 18.4 Å². The Morgan fingerprint density at radius 1 is 1.29 bits per heavy atom. The first-order valence-electron chi connectivity index (χ1n) is 5.59. The Morgan fingerprint density at radius 2 is 2.00 bits per heavy atom. The maximum absolute atomic E-state index is 11.9. The maximum atomic E-state index is 11.9. The molecule has 0 aliphatic carbocycles. The number of carbonyl (C=O) groups excluding carboxylic acids is 2. The van der Waals surface area contributed by atoms with Crippen molar-refractivity contribution in [1.82, 2.24) is 0 Å². The number of Topliss-reactive ketones (excluding diaryl/α,β-unsaturated/α-hetero) is 1. The van der Waals surface area contributed by atoms with Crippen molar-refractivity contribution in [2.24, 2.45) is 0 Å². The van der Waals surface area contributed by atoms with E-state index in [1.807, 2.05) is 31.2 Å². The summed E-state index contributed by atoms with van der Waals surface area (Å²) in [7, 11) is 0. The molecular formula is C14H16O3. The van der Waals surface area contributed by atoms with E-state index in [-0.39, 0.29) is 12.2 Å². The van der Waals surface area contributed by atoms with Crippen molar-refractivity contribution in [2.75, 3.05) is 6.61 Å². The molecule has 0 unspecified atom stereocenters. The molecule has 0 bridgehead atoms. The van der Waals surface area contributed by atoms with Gasteiger partial charge in [0.2, 0.25) is 0 Å². The molecule has 0 aliphatic heterocycles. The molecule has 0 N–H and O–H groups in total. The van der Waals surface area contributed by atoms with Gasteiger partial charge in [0.05, 0.1) is 6.61 Å². The molecule has 0 radical (unpaired) electrons. The van der Waals surface area contributed by atoms with Gasteiger partial charge in [-0.3, -0.25) is 9.59 Å². The van der Waals surface area contributed by atoms with Crippen molar-refractivity contribution in [3.63, 3.8) is 0 Å². The number of ether oxygens (including phenoxy) is 1. The van der Waals surface area contributed by atoms with E-state index in [4.69, 9.17) is 4.74 Å². The predicted octanol–water partition coefficient (Wildman–Crippen LogP) is 2.86. The molecule has 0 saturated carbocycles. The van der Waals surface area contributed by atoms with Crippen LogP contribution in [0.15, 0.2) is 30.3 Å². The molecule has 0 amide bonds. The third kappa shape index (κ3) is 3.87. The van der Waals surface area contributed by atoms with Crippen LogP contribution < -0.4 is 0 Å². The Labute approximate surface area is 101 Å². The van der Waals surface area contributed by atoms with Crippen molar-refractivity contribution in [2.45, 2.75) is 20.3 Å². The van der Waals surface area contributed by atoms with Crippen LogP contribution in [0.4, 0.5) is 0 Å². The van der Waals surface area contributed by atoms with E-state index < -0.39 is 5.97 Å². The van der Waals surface area contributed by atoms with E-state index in [0.717, 1.165) is 5.56 Å². The zero-order valence-electron chi connectivity index (χ0n) is 10.1. The van der Waals surface area contributed by atoms with Crippen molar-refractivity contribution < 1.29 is 14.3 Å². The van der Waals surface area contributed by atoms with Gasteiger partial charge in [-0.1, -0.05) is 36.4 Å². The molecule has 0 aromatic heterocycles. The number of allylic oxidation sites excluding steroid dienone is 1. The number of rotatable bonds is 5. The van der Waals surface area contributed by atoms with Gasteiger partial charge < -0.3 is 4.74 Å². The summed E-state index contributed by atoms with van der Waals surface area (Å²) in [4.78, 5) is 23.1. The molecule has 3 heteroatoms. The Kier molecular flexibility index (Phi) is 5.14. The number of hydrogen-bond acceptors (Lipinski definition) is 3. The van der Waals surface area contributed by atoms with Crippen molar-refractivity contribution in [3.05, 3.63) is 41.5 Å². The first kappa shape index (κ1) is 13.2. The lowest BCUT2D eigenvalue weighted by Crippen LogP contribution is -2.12. The Morgan fingerprint density at radius 3 is 2.65 bits per heavy atom. The lowest BCUT2D eigenvalue weighted by molar-refractivity contribution is -0.141. The van der Waals surface area contributed by atoms with Gasteiger partial charge in [-0.2, -0.15) is 0 Å². The van der Waals surface area contributed by atoms with Gasteiger partial charge >= 0.3 is 5.97 Å². The molecule has 3 nitrogen and oxygen atoms in total. The monoisotopic (exact) mass is 232 g/mol. The summed E-state index contributed by atoms with van der Waals surface area (Å²) in [5.74, 6) is -0.690. The van der Waals surface area contributed by atoms with Crippen LogP contribution in [0.25, 0.3) is 6.08 Å². The summed E-state index contributed by atoms with van der Waals surface area (Å²) in [6.45, 7) is 3.89. The summed E-state index contributed by atoms with van der Waals surface area (Å²) in [6.07, 6.45) is 3.50. The van der Waals surface area contributed by atoms with Gasteiger partial charge in [0.15, 0.2) is 5.78 Å². The van der Waals surface area contributed by atoms with E-state index in [9.17, 15) is 9.59 Å². The third-order valence-electron chi connectivity index (χ3n) is 2.22. The third-order valence-corrected chi connectivity index (χ3v) is 2.22. The second-order valence-electron chi connectivity index (χ2n) is 3.49. The number of ketones is 1. The van der Waals surface area contributed by atoms with Crippen LogP contribution in [-0.2, 0) is 9.53 Å². The standard InChI is InChI=1S/C14H16O3/c1-3-7-11-8-5-6-9-12(11)13(15)10-14(16)17-4-2/h3,5-9H,4,10H2,1-2H3/b7-3-. The highest BCUT2D eigenvalue weighted by atomic mass is 16.5. The molecule has 0 atom stereocenters. The van der Waals surface area contributed by atoms with Crippen molar-refractivity contribution in [1.29, 1.82) is 0 Å². The summed E-state index contributed by atoms with van der Waals surface area (Å²) < 4.78 is 4.76. The van der Waals surface area contributed by atoms with E-state index >= 15 is 0 Å². The summed E-state index contributed by atoms with van der Waals surface area (Å²) >= 11 is 0. The minimum Gasteiger partial charge on any atom is -0.466 e. The molecule has 17 heavy (non-hydrogen) atoms. The normalized spacial score (nSPS) is 10.5. The van der Waals surface area contributed by atoms with Gasteiger partial charge in [-0.15, -0.1) is 0 Å². The highest BCUT2D eigenvalue weighted by Crippen LogP contribution is 2.13. The van der Waals surface area contributed by atoms with Crippen molar-refractivity contribution >= 4 is 17.8 Å². The number of hydrogen-bond donors (Lipinski definition) is 0. The largest absolute Gasteiger partial charge is 0.466 e. The van der Waals surface area contributed by atoms with E-state index in [0.29, 0.717) is 12.2 Å². The fraction of sp³-hybridized carbons (Fsp3) is 0.286. The van der Waals surface area contributed by atoms with Crippen LogP contribution in [0.1, 0.15) is 36.2 Å². The molecule has 0 spiro atoms. The van der Waals surface area contributed by atoms with Crippen molar-refractivity contribution in [3.8, 4) is 0 Å². The fourth-order valence-electron chi connectivity index (χ4n) is 1.51.